The molecular formula is C30H30N6O3. The normalized spacial score (nSPS) is 20.3. The van der Waals surface area contributed by atoms with Crippen LogP contribution in [0.5, 0.6) is 5.75 Å². The summed E-state index contributed by atoms with van der Waals surface area (Å²) in [5, 5.41) is 27.1. The molecule has 1 saturated carbocycles. The van der Waals surface area contributed by atoms with Crippen molar-refractivity contribution in [2.45, 2.75) is 25.9 Å². The van der Waals surface area contributed by atoms with Crippen LogP contribution in [0.4, 0.5) is 11.5 Å². The molecular weight excluding hydrogens is 492 g/mol. The van der Waals surface area contributed by atoms with Gasteiger partial charge in [0, 0.05) is 42.0 Å². The van der Waals surface area contributed by atoms with Gasteiger partial charge < -0.3 is 20.1 Å². The standard InChI is InChI=1S/C30H30N6O3/c1-30(2,38)18-39-24-11-25(28-22(12-31)14-33-36(28)17-24)19-8-9-26(32-13-19)35-15-20-10-21(16-35)27(20)29(37)34-23-6-4-3-5-7-23/h3-9,11,13-14,17,20-21,27,38H,10,15-16,18H2,1-2H3,(H,34,37). The monoisotopic (exact) mass is 522 g/mol. The summed E-state index contributed by atoms with van der Waals surface area (Å²) in [6.45, 7) is 5.06. The molecule has 2 aliphatic heterocycles. The topological polar surface area (TPSA) is 116 Å². The number of nitrogens with one attached hydrogen (secondary N) is 1. The minimum atomic E-state index is -0.989. The summed E-state index contributed by atoms with van der Waals surface area (Å²) in [5.74, 6) is 2.16. The molecule has 9 heteroatoms. The molecule has 198 valence electrons. The number of fused-ring (bicyclic) bond motifs is 3. The highest BCUT2D eigenvalue weighted by Crippen LogP contribution is 2.47. The molecule has 1 amide bonds. The average molecular weight is 523 g/mol. The number of ether oxygens (including phenoxy) is 1. The van der Waals surface area contributed by atoms with Crippen molar-refractivity contribution < 1.29 is 14.6 Å². The van der Waals surface area contributed by atoms with E-state index in [0.717, 1.165) is 42.1 Å². The molecule has 9 nitrogen and oxygen atoms in total. The van der Waals surface area contributed by atoms with Crippen LogP contribution < -0.4 is 15.0 Å². The summed E-state index contributed by atoms with van der Waals surface area (Å²) >= 11 is 0. The number of pyridine rings is 2. The number of benzene rings is 1. The Morgan fingerprint density at radius 1 is 1.18 bits per heavy atom. The van der Waals surface area contributed by atoms with Gasteiger partial charge in [-0.15, -0.1) is 0 Å². The van der Waals surface area contributed by atoms with E-state index in [9.17, 15) is 15.2 Å². The number of aliphatic hydroxyl groups is 1. The second-order valence-electron chi connectivity index (χ2n) is 11.1. The van der Waals surface area contributed by atoms with E-state index in [0.29, 0.717) is 28.7 Å². The number of hydrogen-bond donors (Lipinski definition) is 2. The van der Waals surface area contributed by atoms with Crippen molar-refractivity contribution in [3.05, 3.63) is 72.7 Å². The van der Waals surface area contributed by atoms with E-state index in [-0.39, 0.29) is 18.4 Å². The number of aromatic nitrogens is 3. The van der Waals surface area contributed by atoms with Crippen LogP contribution in [-0.2, 0) is 4.79 Å². The predicted molar refractivity (Wildman–Crippen MR) is 147 cm³/mol. The van der Waals surface area contributed by atoms with Gasteiger partial charge in [-0.1, -0.05) is 18.2 Å². The van der Waals surface area contributed by atoms with Gasteiger partial charge in [0.15, 0.2) is 0 Å². The molecule has 7 rings (SSSR count). The highest BCUT2D eigenvalue weighted by Gasteiger charge is 2.50. The van der Waals surface area contributed by atoms with Gasteiger partial charge in [-0.05, 0) is 62.4 Å². The lowest BCUT2D eigenvalue weighted by Gasteiger charge is -2.53. The Morgan fingerprint density at radius 2 is 1.95 bits per heavy atom. The van der Waals surface area contributed by atoms with E-state index in [2.05, 4.69) is 21.4 Å². The van der Waals surface area contributed by atoms with E-state index < -0.39 is 5.60 Å². The van der Waals surface area contributed by atoms with Crippen LogP contribution in [0.2, 0.25) is 0 Å². The lowest BCUT2D eigenvalue weighted by atomic mass is 9.61. The van der Waals surface area contributed by atoms with Crippen LogP contribution in [0.3, 0.4) is 0 Å². The summed E-state index contributed by atoms with van der Waals surface area (Å²) in [6.07, 6.45) is 6.11. The molecule has 1 aromatic carbocycles. The van der Waals surface area contributed by atoms with Gasteiger partial charge in [-0.2, -0.15) is 10.4 Å². The van der Waals surface area contributed by atoms with Crippen molar-refractivity contribution in [1.29, 1.82) is 5.26 Å². The second-order valence-corrected chi connectivity index (χ2v) is 11.1. The van der Waals surface area contributed by atoms with Gasteiger partial charge in [-0.3, -0.25) is 4.79 Å². The van der Waals surface area contributed by atoms with Crippen molar-refractivity contribution in [2.75, 3.05) is 29.9 Å². The van der Waals surface area contributed by atoms with Gasteiger partial charge in [0.05, 0.1) is 29.1 Å². The SMILES string of the molecule is CC(C)(O)COc1cc(-c2ccc(N3CC4CC(C3)C4C(=O)Nc3ccccc3)nc2)c2c(C#N)cnn2c1. The fourth-order valence-electron chi connectivity index (χ4n) is 5.72. The van der Waals surface area contributed by atoms with Crippen LogP contribution in [0, 0.1) is 29.1 Å². The van der Waals surface area contributed by atoms with E-state index in [1.807, 2.05) is 48.5 Å². The summed E-state index contributed by atoms with van der Waals surface area (Å²) in [7, 11) is 0. The predicted octanol–water partition coefficient (Wildman–Crippen LogP) is 4.13. The van der Waals surface area contributed by atoms with Gasteiger partial charge in [0.1, 0.15) is 24.2 Å². The Balaban J connectivity index is 1.20. The summed E-state index contributed by atoms with van der Waals surface area (Å²) in [6, 6.07) is 17.7. The maximum absolute atomic E-state index is 12.9. The largest absolute Gasteiger partial charge is 0.489 e. The fourth-order valence-corrected chi connectivity index (χ4v) is 5.72. The number of nitrogens with zero attached hydrogens (tertiary/aromatic N) is 5. The molecule has 0 spiro atoms. The van der Waals surface area contributed by atoms with Crippen LogP contribution in [0.25, 0.3) is 16.6 Å². The quantitative estimate of drug-likeness (QED) is 0.375. The minimum Gasteiger partial charge on any atom is -0.489 e. The Morgan fingerprint density at radius 3 is 2.62 bits per heavy atom. The van der Waals surface area contributed by atoms with Gasteiger partial charge in [-0.25, -0.2) is 9.50 Å². The Hall–Kier alpha value is -4.42. The molecule has 5 heterocycles. The Kier molecular flexibility index (Phi) is 6.20. The number of nitriles is 1. The van der Waals surface area contributed by atoms with Crippen molar-refractivity contribution in [3.63, 3.8) is 0 Å². The van der Waals surface area contributed by atoms with E-state index in [1.54, 1.807) is 30.8 Å². The molecule has 2 atom stereocenters. The zero-order valence-corrected chi connectivity index (χ0v) is 21.9. The summed E-state index contributed by atoms with van der Waals surface area (Å²) in [4.78, 5) is 19.9. The third kappa shape index (κ3) is 4.91. The minimum absolute atomic E-state index is 0.0342. The van der Waals surface area contributed by atoms with Gasteiger partial charge >= 0.3 is 0 Å². The molecule has 2 saturated heterocycles. The van der Waals surface area contributed by atoms with Crippen LogP contribution in [0.15, 0.2) is 67.1 Å². The number of rotatable bonds is 7. The number of para-hydroxylation sites is 1. The zero-order valence-electron chi connectivity index (χ0n) is 21.9. The molecule has 3 fully saturated rings. The maximum Gasteiger partial charge on any atom is 0.228 e. The maximum atomic E-state index is 12.9. The average Bonchev–Trinajstić information content (AvgIpc) is 3.35. The number of piperidine rings is 2. The molecule has 0 radical (unpaired) electrons. The molecule has 1 aliphatic carbocycles. The molecule has 2 N–H and O–H groups in total. The Bertz CT molecular complexity index is 1540. The van der Waals surface area contributed by atoms with Crippen LogP contribution in [0.1, 0.15) is 25.8 Å². The lowest BCUT2D eigenvalue weighted by molar-refractivity contribution is -0.130. The van der Waals surface area contributed by atoms with E-state index in [1.165, 1.54) is 6.20 Å². The van der Waals surface area contributed by atoms with E-state index >= 15 is 0 Å². The third-order valence-electron chi connectivity index (χ3n) is 7.56. The number of anilines is 2. The van der Waals surface area contributed by atoms with Gasteiger partial charge in [0.25, 0.3) is 0 Å². The van der Waals surface area contributed by atoms with Crippen molar-refractivity contribution >= 4 is 22.9 Å². The second kappa shape index (κ2) is 9.71. The highest BCUT2D eigenvalue weighted by molar-refractivity contribution is 5.94. The molecule has 2 unspecified atom stereocenters. The first-order valence-corrected chi connectivity index (χ1v) is 13.1. The lowest BCUT2D eigenvalue weighted by Crippen LogP contribution is -2.59. The van der Waals surface area contributed by atoms with Crippen molar-refractivity contribution in [2.24, 2.45) is 17.8 Å². The summed E-state index contributed by atoms with van der Waals surface area (Å²) < 4.78 is 7.46. The number of carbonyl (C=O) groups is 1. The number of hydrogen-bond acceptors (Lipinski definition) is 7. The first-order chi connectivity index (χ1) is 18.8. The first kappa shape index (κ1) is 24.9. The van der Waals surface area contributed by atoms with Crippen LogP contribution >= 0.6 is 0 Å². The zero-order chi connectivity index (χ0) is 27.1. The van der Waals surface area contributed by atoms with Crippen molar-refractivity contribution in [3.8, 4) is 22.9 Å². The van der Waals surface area contributed by atoms with Gasteiger partial charge in [0.2, 0.25) is 5.91 Å². The first-order valence-electron chi connectivity index (χ1n) is 13.1. The Labute approximate surface area is 226 Å². The van der Waals surface area contributed by atoms with Crippen molar-refractivity contribution in [1.82, 2.24) is 14.6 Å². The molecule has 3 aliphatic rings. The highest BCUT2D eigenvalue weighted by atomic mass is 16.5. The number of amides is 1. The smallest absolute Gasteiger partial charge is 0.228 e. The van der Waals surface area contributed by atoms with E-state index in [4.69, 9.17) is 9.72 Å². The molecule has 39 heavy (non-hydrogen) atoms. The molecule has 4 aromatic rings. The summed E-state index contributed by atoms with van der Waals surface area (Å²) in [5.41, 5.74) is 2.58. The molecule has 3 aromatic heterocycles. The number of carbonyl (C=O) groups excluding carboxylic acids is 1. The molecule has 2 bridgehead atoms. The third-order valence-corrected chi connectivity index (χ3v) is 7.56. The van der Waals surface area contributed by atoms with Crippen LogP contribution in [-0.4, -0.2) is 50.9 Å². The fraction of sp³-hybridized carbons (Fsp3) is 0.333.